The van der Waals surface area contributed by atoms with Crippen LogP contribution in [-0.4, -0.2) is 27.2 Å². The van der Waals surface area contributed by atoms with Crippen molar-refractivity contribution in [1.82, 2.24) is 5.32 Å². The van der Waals surface area contributed by atoms with Crippen LogP contribution in [0.15, 0.2) is 42.5 Å². The van der Waals surface area contributed by atoms with Crippen molar-refractivity contribution >= 4 is 5.69 Å². The fourth-order valence-corrected chi connectivity index (χ4v) is 3.06. The number of nitrogens with one attached hydrogen (secondary N) is 1. The summed E-state index contributed by atoms with van der Waals surface area (Å²) in [5.41, 5.74) is 5.31. The van der Waals surface area contributed by atoms with Crippen molar-refractivity contribution in [1.29, 1.82) is 0 Å². The second kappa shape index (κ2) is 6.41. The lowest BCUT2D eigenvalue weighted by Gasteiger charge is -2.28. The summed E-state index contributed by atoms with van der Waals surface area (Å²) < 4.78 is 5.63. The van der Waals surface area contributed by atoms with Gasteiger partial charge in [0.05, 0.1) is 12.6 Å². The van der Waals surface area contributed by atoms with Gasteiger partial charge in [-0.3, -0.25) is 0 Å². The van der Waals surface area contributed by atoms with Crippen LogP contribution in [0.2, 0.25) is 0 Å². The minimum atomic E-state index is 0.274. The summed E-state index contributed by atoms with van der Waals surface area (Å²) in [5, 5.41) is 3.64. The number of benzene rings is 2. The number of anilines is 1. The summed E-state index contributed by atoms with van der Waals surface area (Å²) in [6.45, 7) is 3.74. The van der Waals surface area contributed by atoms with Gasteiger partial charge in [-0.05, 0) is 54.3 Å². The SMILES string of the molecule is CCOc1ccc2c(c1)CCNC2c1ccc(N(C)C)cc1. The van der Waals surface area contributed by atoms with Crippen LogP contribution in [0, 0.1) is 0 Å². The topological polar surface area (TPSA) is 24.5 Å². The van der Waals surface area contributed by atoms with Crippen molar-refractivity contribution < 1.29 is 4.74 Å². The van der Waals surface area contributed by atoms with Crippen LogP contribution in [0.3, 0.4) is 0 Å². The highest BCUT2D eigenvalue weighted by Gasteiger charge is 2.21. The Hall–Kier alpha value is -2.00. The van der Waals surface area contributed by atoms with E-state index in [1.165, 1.54) is 22.4 Å². The van der Waals surface area contributed by atoms with Gasteiger partial charge in [0, 0.05) is 26.3 Å². The molecule has 0 amide bonds. The zero-order chi connectivity index (χ0) is 15.5. The van der Waals surface area contributed by atoms with Gasteiger partial charge in [0.1, 0.15) is 5.75 Å². The number of ether oxygens (including phenoxy) is 1. The highest BCUT2D eigenvalue weighted by Crippen LogP contribution is 2.31. The van der Waals surface area contributed by atoms with Crippen LogP contribution < -0.4 is 15.0 Å². The first kappa shape index (κ1) is 14.9. The third-order valence-corrected chi connectivity index (χ3v) is 4.22. The first-order chi connectivity index (χ1) is 10.7. The fourth-order valence-electron chi connectivity index (χ4n) is 3.06. The summed E-state index contributed by atoms with van der Waals surface area (Å²) in [6, 6.07) is 15.6. The van der Waals surface area contributed by atoms with E-state index in [1.807, 2.05) is 6.92 Å². The van der Waals surface area contributed by atoms with Crippen molar-refractivity contribution in [2.24, 2.45) is 0 Å². The number of rotatable bonds is 4. The molecule has 2 aromatic rings. The molecule has 1 N–H and O–H groups in total. The minimum Gasteiger partial charge on any atom is -0.494 e. The van der Waals surface area contributed by atoms with E-state index in [0.717, 1.165) is 18.7 Å². The van der Waals surface area contributed by atoms with E-state index in [1.54, 1.807) is 0 Å². The highest BCUT2D eigenvalue weighted by molar-refractivity contribution is 5.49. The Kier molecular flexibility index (Phi) is 4.34. The second-order valence-corrected chi connectivity index (χ2v) is 5.92. The van der Waals surface area contributed by atoms with Crippen molar-refractivity contribution in [3.05, 3.63) is 59.2 Å². The lowest BCUT2D eigenvalue weighted by atomic mass is 9.89. The predicted molar refractivity (Wildman–Crippen MR) is 91.9 cm³/mol. The maximum atomic E-state index is 5.63. The Bertz CT molecular complexity index is 634. The van der Waals surface area contributed by atoms with Gasteiger partial charge in [-0.1, -0.05) is 18.2 Å². The average molecular weight is 296 g/mol. The Morgan fingerprint density at radius 1 is 1.14 bits per heavy atom. The lowest BCUT2D eigenvalue weighted by molar-refractivity contribution is 0.339. The third kappa shape index (κ3) is 2.95. The van der Waals surface area contributed by atoms with Crippen LogP contribution in [-0.2, 0) is 6.42 Å². The van der Waals surface area contributed by atoms with E-state index in [2.05, 4.69) is 66.8 Å². The molecule has 1 atom stereocenters. The molecule has 116 valence electrons. The summed E-state index contributed by atoms with van der Waals surface area (Å²) >= 11 is 0. The van der Waals surface area contributed by atoms with Gasteiger partial charge in [0.15, 0.2) is 0 Å². The minimum absolute atomic E-state index is 0.274. The summed E-state index contributed by atoms with van der Waals surface area (Å²) in [6.07, 6.45) is 1.06. The fraction of sp³-hybridized carbons (Fsp3) is 0.368. The molecule has 3 nitrogen and oxygen atoms in total. The molecule has 0 spiro atoms. The zero-order valence-corrected chi connectivity index (χ0v) is 13.6. The van der Waals surface area contributed by atoms with Crippen molar-refractivity contribution in [2.75, 3.05) is 32.1 Å². The standard InChI is InChI=1S/C19H24N2O/c1-4-22-17-9-10-18-15(13-17)11-12-20-19(18)14-5-7-16(8-6-14)21(2)3/h5-10,13,19-20H,4,11-12H2,1-3H3. The predicted octanol–water partition coefficient (Wildman–Crippen LogP) is 3.39. The maximum Gasteiger partial charge on any atom is 0.119 e. The van der Waals surface area contributed by atoms with E-state index in [0.29, 0.717) is 6.61 Å². The molecule has 22 heavy (non-hydrogen) atoms. The van der Waals surface area contributed by atoms with Crippen LogP contribution in [0.4, 0.5) is 5.69 Å². The van der Waals surface area contributed by atoms with Crippen molar-refractivity contribution in [2.45, 2.75) is 19.4 Å². The van der Waals surface area contributed by atoms with Gasteiger partial charge in [0.25, 0.3) is 0 Å². The van der Waals surface area contributed by atoms with Gasteiger partial charge in [-0.2, -0.15) is 0 Å². The average Bonchev–Trinajstić information content (AvgIpc) is 2.54. The number of fused-ring (bicyclic) bond motifs is 1. The lowest BCUT2D eigenvalue weighted by Crippen LogP contribution is -2.30. The zero-order valence-electron chi connectivity index (χ0n) is 13.6. The Morgan fingerprint density at radius 2 is 1.91 bits per heavy atom. The largest absolute Gasteiger partial charge is 0.494 e. The molecule has 0 radical (unpaired) electrons. The first-order valence-corrected chi connectivity index (χ1v) is 7.95. The summed E-state index contributed by atoms with van der Waals surface area (Å²) in [4.78, 5) is 2.13. The molecule has 3 rings (SSSR count). The number of hydrogen-bond acceptors (Lipinski definition) is 3. The molecule has 1 aliphatic rings. The van der Waals surface area contributed by atoms with Gasteiger partial charge in [0.2, 0.25) is 0 Å². The first-order valence-electron chi connectivity index (χ1n) is 7.95. The molecule has 2 aromatic carbocycles. The molecule has 1 unspecified atom stereocenters. The van der Waals surface area contributed by atoms with Crippen molar-refractivity contribution in [3.8, 4) is 5.75 Å². The van der Waals surface area contributed by atoms with Gasteiger partial charge < -0.3 is 15.0 Å². The van der Waals surface area contributed by atoms with Crippen LogP contribution in [0.5, 0.6) is 5.75 Å². The summed E-state index contributed by atoms with van der Waals surface area (Å²) in [7, 11) is 4.14. The Labute approximate surface area is 132 Å². The highest BCUT2D eigenvalue weighted by atomic mass is 16.5. The van der Waals surface area contributed by atoms with E-state index < -0.39 is 0 Å². The van der Waals surface area contributed by atoms with Gasteiger partial charge in [-0.15, -0.1) is 0 Å². The van der Waals surface area contributed by atoms with Crippen LogP contribution in [0.25, 0.3) is 0 Å². The molecular formula is C19H24N2O. The number of hydrogen-bond donors (Lipinski definition) is 1. The third-order valence-electron chi connectivity index (χ3n) is 4.22. The molecule has 0 bridgehead atoms. The monoisotopic (exact) mass is 296 g/mol. The quantitative estimate of drug-likeness (QED) is 0.936. The molecule has 1 heterocycles. The van der Waals surface area contributed by atoms with E-state index in [9.17, 15) is 0 Å². The molecule has 0 aromatic heterocycles. The summed E-state index contributed by atoms with van der Waals surface area (Å²) in [5.74, 6) is 0.977. The van der Waals surface area contributed by atoms with E-state index in [-0.39, 0.29) is 6.04 Å². The molecule has 1 aliphatic heterocycles. The molecule has 3 heteroatoms. The van der Waals surface area contributed by atoms with Crippen molar-refractivity contribution in [3.63, 3.8) is 0 Å². The molecule has 0 aliphatic carbocycles. The second-order valence-electron chi connectivity index (χ2n) is 5.92. The normalized spacial score (nSPS) is 17.0. The van der Waals surface area contributed by atoms with Gasteiger partial charge >= 0.3 is 0 Å². The molecule has 0 saturated heterocycles. The molecular weight excluding hydrogens is 272 g/mol. The van der Waals surface area contributed by atoms with Crippen LogP contribution in [0.1, 0.15) is 29.7 Å². The van der Waals surface area contributed by atoms with E-state index >= 15 is 0 Å². The molecule has 0 saturated carbocycles. The van der Waals surface area contributed by atoms with E-state index in [4.69, 9.17) is 4.74 Å². The molecule has 0 fully saturated rings. The van der Waals surface area contributed by atoms with Gasteiger partial charge in [-0.25, -0.2) is 0 Å². The number of nitrogens with zero attached hydrogens (tertiary/aromatic N) is 1. The van der Waals surface area contributed by atoms with Crippen LogP contribution >= 0.6 is 0 Å². The smallest absolute Gasteiger partial charge is 0.119 e. The Morgan fingerprint density at radius 3 is 2.59 bits per heavy atom. The Balaban J connectivity index is 1.90. The maximum absolute atomic E-state index is 5.63.